The predicted molar refractivity (Wildman–Crippen MR) is 65.4 cm³/mol. The van der Waals surface area contributed by atoms with E-state index in [0.29, 0.717) is 0 Å². The molecule has 0 radical (unpaired) electrons. The molecule has 94 valence electrons. The zero-order valence-electron chi connectivity index (χ0n) is 10.3. The van der Waals surface area contributed by atoms with E-state index in [1.54, 1.807) is 14.2 Å². The zero-order chi connectivity index (χ0) is 12.3. The van der Waals surface area contributed by atoms with Crippen molar-refractivity contribution in [2.75, 3.05) is 20.8 Å². The number of methoxy groups -OCH3 is 2. The number of hydrogen-bond donors (Lipinski definition) is 1. The average Bonchev–Trinajstić information content (AvgIpc) is 2.91. The minimum atomic E-state index is -0.164. The molecule has 4 nitrogen and oxygen atoms in total. The van der Waals surface area contributed by atoms with Crippen LogP contribution in [-0.4, -0.2) is 26.9 Å². The standard InChI is InChI=1S/C13H19NO3/c1-15-9-5-6-11(16-2)10(8-9)13(14)12-4-3-7-17-12/h5-6,8,12-13H,3-4,7,14H2,1-2H3. The Hall–Kier alpha value is -1.26. The largest absolute Gasteiger partial charge is 0.497 e. The molecule has 1 aromatic carbocycles. The van der Waals surface area contributed by atoms with Gasteiger partial charge in [0.25, 0.3) is 0 Å². The van der Waals surface area contributed by atoms with Gasteiger partial charge in [0, 0.05) is 12.2 Å². The van der Waals surface area contributed by atoms with E-state index in [1.165, 1.54) is 0 Å². The first kappa shape index (κ1) is 12.2. The monoisotopic (exact) mass is 237 g/mol. The highest BCUT2D eigenvalue weighted by Gasteiger charge is 2.26. The Labute approximate surface area is 102 Å². The fourth-order valence-corrected chi connectivity index (χ4v) is 2.19. The molecule has 17 heavy (non-hydrogen) atoms. The molecule has 1 aliphatic heterocycles. The molecule has 2 unspecified atom stereocenters. The predicted octanol–water partition coefficient (Wildman–Crippen LogP) is 1.88. The van der Waals surface area contributed by atoms with Crippen molar-refractivity contribution in [3.05, 3.63) is 23.8 Å². The van der Waals surface area contributed by atoms with Crippen molar-refractivity contribution in [3.63, 3.8) is 0 Å². The molecule has 0 amide bonds. The first-order valence-electron chi connectivity index (χ1n) is 5.85. The van der Waals surface area contributed by atoms with Crippen molar-refractivity contribution >= 4 is 0 Å². The molecule has 0 saturated carbocycles. The van der Waals surface area contributed by atoms with Gasteiger partial charge in [-0.05, 0) is 31.0 Å². The van der Waals surface area contributed by atoms with Crippen LogP contribution in [0.4, 0.5) is 0 Å². The molecule has 1 fully saturated rings. The summed E-state index contributed by atoms with van der Waals surface area (Å²) in [6.07, 6.45) is 2.16. The van der Waals surface area contributed by atoms with Crippen LogP contribution in [0.5, 0.6) is 11.5 Å². The van der Waals surface area contributed by atoms with E-state index >= 15 is 0 Å². The molecule has 0 bridgehead atoms. The number of nitrogens with two attached hydrogens (primary N) is 1. The van der Waals surface area contributed by atoms with E-state index in [-0.39, 0.29) is 12.1 Å². The van der Waals surface area contributed by atoms with E-state index in [9.17, 15) is 0 Å². The maximum absolute atomic E-state index is 6.24. The summed E-state index contributed by atoms with van der Waals surface area (Å²) in [5.74, 6) is 1.57. The third-order valence-corrected chi connectivity index (χ3v) is 3.16. The van der Waals surface area contributed by atoms with Crippen molar-refractivity contribution in [3.8, 4) is 11.5 Å². The maximum Gasteiger partial charge on any atom is 0.123 e. The Balaban J connectivity index is 2.27. The molecule has 0 spiro atoms. The van der Waals surface area contributed by atoms with Crippen LogP contribution in [-0.2, 0) is 4.74 Å². The van der Waals surface area contributed by atoms with Gasteiger partial charge in [-0.1, -0.05) is 0 Å². The Kier molecular flexibility index (Phi) is 3.86. The summed E-state index contributed by atoms with van der Waals surface area (Å²) in [7, 11) is 3.29. The first-order chi connectivity index (χ1) is 8.26. The molecule has 2 atom stereocenters. The molecule has 1 saturated heterocycles. The quantitative estimate of drug-likeness (QED) is 0.868. The second-order valence-corrected chi connectivity index (χ2v) is 4.19. The van der Waals surface area contributed by atoms with Crippen molar-refractivity contribution in [2.45, 2.75) is 25.0 Å². The lowest BCUT2D eigenvalue weighted by Crippen LogP contribution is -2.26. The van der Waals surface area contributed by atoms with Crippen LogP contribution in [0.15, 0.2) is 18.2 Å². The van der Waals surface area contributed by atoms with Crippen LogP contribution in [0.25, 0.3) is 0 Å². The third kappa shape index (κ3) is 2.53. The highest BCUT2D eigenvalue weighted by molar-refractivity contribution is 5.42. The van der Waals surface area contributed by atoms with Crippen LogP contribution in [0.3, 0.4) is 0 Å². The van der Waals surface area contributed by atoms with E-state index in [2.05, 4.69) is 0 Å². The maximum atomic E-state index is 6.24. The van der Waals surface area contributed by atoms with Crippen molar-refractivity contribution in [2.24, 2.45) is 5.73 Å². The highest BCUT2D eigenvalue weighted by Crippen LogP contribution is 2.33. The average molecular weight is 237 g/mol. The lowest BCUT2D eigenvalue weighted by atomic mass is 9.99. The summed E-state index contributed by atoms with van der Waals surface area (Å²) in [4.78, 5) is 0. The highest BCUT2D eigenvalue weighted by atomic mass is 16.5. The smallest absolute Gasteiger partial charge is 0.123 e. The van der Waals surface area contributed by atoms with E-state index in [0.717, 1.165) is 36.5 Å². The van der Waals surface area contributed by atoms with Crippen LogP contribution in [0.2, 0.25) is 0 Å². The fraction of sp³-hybridized carbons (Fsp3) is 0.538. The zero-order valence-corrected chi connectivity index (χ0v) is 10.3. The normalized spacial score (nSPS) is 21.2. The molecule has 2 rings (SSSR count). The molecule has 4 heteroatoms. The summed E-state index contributed by atoms with van der Waals surface area (Å²) < 4.78 is 16.2. The summed E-state index contributed by atoms with van der Waals surface area (Å²) in [5.41, 5.74) is 7.18. The van der Waals surface area contributed by atoms with Gasteiger partial charge in [-0.25, -0.2) is 0 Å². The minimum absolute atomic E-state index is 0.0796. The number of hydrogen-bond acceptors (Lipinski definition) is 4. The summed E-state index contributed by atoms with van der Waals surface area (Å²) in [6, 6.07) is 5.50. The third-order valence-electron chi connectivity index (χ3n) is 3.16. The van der Waals surface area contributed by atoms with Gasteiger partial charge < -0.3 is 19.9 Å². The van der Waals surface area contributed by atoms with E-state index < -0.39 is 0 Å². The molecule has 1 heterocycles. The van der Waals surface area contributed by atoms with Gasteiger partial charge in [-0.15, -0.1) is 0 Å². The molecule has 0 aromatic heterocycles. The molecule has 1 aliphatic rings. The second kappa shape index (κ2) is 5.38. The Morgan fingerprint density at radius 3 is 2.76 bits per heavy atom. The Morgan fingerprint density at radius 1 is 1.35 bits per heavy atom. The first-order valence-corrected chi connectivity index (χ1v) is 5.85. The van der Waals surface area contributed by atoms with Gasteiger partial charge in [-0.3, -0.25) is 0 Å². The van der Waals surface area contributed by atoms with E-state index in [4.69, 9.17) is 19.9 Å². The lowest BCUT2D eigenvalue weighted by molar-refractivity contribution is 0.0892. The van der Waals surface area contributed by atoms with Crippen LogP contribution in [0.1, 0.15) is 24.4 Å². The summed E-state index contributed by atoms with van der Waals surface area (Å²) >= 11 is 0. The SMILES string of the molecule is COc1ccc(OC)c(C(N)C2CCCO2)c1. The van der Waals surface area contributed by atoms with Crippen LogP contribution in [0, 0.1) is 0 Å². The van der Waals surface area contributed by atoms with E-state index in [1.807, 2.05) is 18.2 Å². The van der Waals surface area contributed by atoms with Gasteiger partial charge in [0.15, 0.2) is 0 Å². The molecule has 2 N–H and O–H groups in total. The van der Waals surface area contributed by atoms with Crippen molar-refractivity contribution in [1.29, 1.82) is 0 Å². The Morgan fingerprint density at radius 2 is 2.18 bits per heavy atom. The van der Waals surface area contributed by atoms with Gasteiger partial charge >= 0.3 is 0 Å². The fourth-order valence-electron chi connectivity index (χ4n) is 2.19. The minimum Gasteiger partial charge on any atom is -0.497 e. The van der Waals surface area contributed by atoms with Gasteiger partial charge in [0.1, 0.15) is 11.5 Å². The van der Waals surface area contributed by atoms with Gasteiger partial charge in [-0.2, -0.15) is 0 Å². The molecular formula is C13H19NO3. The topological polar surface area (TPSA) is 53.7 Å². The van der Waals surface area contributed by atoms with Gasteiger partial charge in [0.2, 0.25) is 0 Å². The lowest BCUT2D eigenvalue weighted by Gasteiger charge is -2.21. The van der Waals surface area contributed by atoms with Crippen molar-refractivity contribution < 1.29 is 14.2 Å². The summed E-state index contributed by atoms with van der Waals surface area (Å²) in [6.45, 7) is 0.796. The van der Waals surface area contributed by atoms with Crippen molar-refractivity contribution in [1.82, 2.24) is 0 Å². The molecular weight excluding hydrogens is 218 g/mol. The summed E-state index contributed by atoms with van der Waals surface area (Å²) in [5, 5.41) is 0. The second-order valence-electron chi connectivity index (χ2n) is 4.19. The van der Waals surface area contributed by atoms with Crippen LogP contribution >= 0.6 is 0 Å². The Bertz CT molecular complexity index is 375. The van der Waals surface area contributed by atoms with Gasteiger partial charge in [0.05, 0.1) is 26.4 Å². The van der Waals surface area contributed by atoms with Crippen LogP contribution < -0.4 is 15.2 Å². The molecule has 0 aliphatic carbocycles. The number of benzene rings is 1. The molecule has 1 aromatic rings. The number of ether oxygens (including phenoxy) is 3. The number of rotatable bonds is 4.